The van der Waals surface area contributed by atoms with Crippen molar-refractivity contribution in [3.8, 4) is 0 Å². The van der Waals surface area contributed by atoms with Crippen molar-refractivity contribution in [3.05, 3.63) is 74.9 Å². The van der Waals surface area contributed by atoms with Crippen molar-refractivity contribution in [2.24, 2.45) is 0 Å². The van der Waals surface area contributed by atoms with Crippen molar-refractivity contribution in [1.82, 2.24) is 4.98 Å². The number of nitro benzene ring substituents is 1. The van der Waals surface area contributed by atoms with Crippen LogP contribution in [0.1, 0.15) is 12.1 Å². The molecule has 148 valence electrons. The van der Waals surface area contributed by atoms with Gasteiger partial charge in [-0.2, -0.15) is 0 Å². The number of nitrogens with one attached hydrogen (secondary N) is 1. The summed E-state index contributed by atoms with van der Waals surface area (Å²) in [5, 5.41) is 14.3. The fraction of sp³-hybridized carbons (Fsp3) is 0.150. The first-order valence-corrected chi connectivity index (χ1v) is 9.46. The van der Waals surface area contributed by atoms with Gasteiger partial charge < -0.3 is 10.1 Å². The Balaban J connectivity index is 1.47. The first kappa shape index (κ1) is 20.4. The second kappa shape index (κ2) is 9.24. The highest BCUT2D eigenvalue weighted by molar-refractivity contribution is 9.10. The summed E-state index contributed by atoms with van der Waals surface area (Å²) in [7, 11) is 0. The van der Waals surface area contributed by atoms with Crippen molar-refractivity contribution in [2.75, 3.05) is 11.9 Å². The van der Waals surface area contributed by atoms with Gasteiger partial charge in [0.05, 0.1) is 22.5 Å². The molecule has 29 heavy (non-hydrogen) atoms. The number of nitro groups is 1. The van der Waals surface area contributed by atoms with Gasteiger partial charge in [-0.1, -0.05) is 24.3 Å². The minimum absolute atomic E-state index is 0.0971. The smallest absolute Gasteiger partial charge is 0.306 e. The van der Waals surface area contributed by atoms with Crippen LogP contribution in [0, 0.1) is 10.1 Å². The molecule has 0 fully saturated rings. The number of carbonyl (C=O) groups excluding carboxylic acids is 2. The van der Waals surface area contributed by atoms with Gasteiger partial charge in [0.25, 0.3) is 11.6 Å². The molecule has 0 aliphatic carbocycles. The van der Waals surface area contributed by atoms with Crippen LogP contribution < -0.4 is 5.32 Å². The summed E-state index contributed by atoms with van der Waals surface area (Å²) < 4.78 is 5.34. The lowest BCUT2D eigenvalue weighted by Crippen LogP contribution is -2.21. The molecular formula is C20H16BrN3O5. The highest BCUT2D eigenvalue weighted by atomic mass is 79.9. The number of fused-ring (bicyclic) bond motifs is 1. The van der Waals surface area contributed by atoms with Crippen molar-refractivity contribution < 1.29 is 19.2 Å². The molecule has 9 heteroatoms. The summed E-state index contributed by atoms with van der Waals surface area (Å²) in [5.74, 6) is -1.06. The number of aromatic nitrogens is 1. The van der Waals surface area contributed by atoms with Gasteiger partial charge in [-0.05, 0) is 34.1 Å². The third-order valence-corrected chi connectivity index (χ3v) is 4.70. The van der Waals surface area contributed by atoms with Gasteiger partial charge in [0.1, 0.15) is 0 Å². The first-order chi connectivity index (χ1) is 13.9. The zero-order valence-electron chi connectivity index (χ0n) is 15.1. The van der Waals surface area contributed by atoms with Gasteiger partial charge in [-0.25, -0.2) is 0 Å². The molecule has 0 saturated carbocycles. The van der Waals surface area contributed by atoms with Crippen LogP contribution in [0.4, 0.5) is 11.4 Å². The Morgan fingerprint density at radius 1 is 1.14 bits per heavy atom. The van der Waals surface area contributed by atoms with E-state index >= 15 is 0 Å². The summed E-state index contributed by atoms with van der Waals surface area (Å²) in [5.41, 5.74) is 1.85. The number of aryl methyl sites for hydroxylation is 1. The standard InChI is InChI=1S/C20H16BrN3O5/c21-16-11-15(24(27)28)8-9-18(16)23-19(25)12-29-20(26)10-7-14-6-5-13-3-1-2-4-17(13)22-14/h1-6,8-9,11H,7,10,12H2,(H,23,25). The maximum atomic E-state index is 12.0. The number of halogens is 1. The van der Waals surface area contributed by atoms with E-state index in [1.54, 1.807) is 0 Å². The molecule has 0 aliphatic heterocycles. The number of rotatable bonds is 7. The Labute approximate surface area is 174 Å². The molecule has 0 spiro atoms. The van der Waals surface area contributed by atoms with E-state index in [-0.39, 0.29) is 12.1 Å². The van der Waals surface area contributed by atoms with Crippen LogP contribution in [-0.4, -0.2) is 28.4 Å². The molecule has 0 atom stereocenters. The Morgan fingerprint density at radius 2 is 1.93 bits per heavy atom. The molecule has 1 aromatic heterocycles. The normalized spacial score (nSPS) is 10.5. The number of non-ortho nitro benzene ring substituents is 1. The third-order valence-electron chi connectivity index (χ3n) is 4.04. The molecule has 1 N–H and O–H groups in total. The Kier molecular flexibility index (Phi) is 6.50. The molecular weight excluding hydrogens is 442 g/mol. The fourth-order valence-electron chi connectivity index (χ4n) is 2.60. The number of carbonyl (C=O) groups is 2. The predicted molar refractivity (Wildman–Crippen MR) is 110 cm³/mol. The zero-order valence-corrected chi connectivity index (χ0v) is 16.7. The third kappa shape index (κ3) is 5.58. The topological polar surface area (TPSA) is 111 Å². The summed E-state index contributed by atoms with van der Waals surface area (Å²) in [6.45, 7) is -0.451. The quantitative estimate of drug-likeness (QED) is 0.325. The number of para-hydroxylation sites is 1. The van der Waals surface area contributed by atoms with Gasteiger partial charge in [-0.15, -0.1) is 0 Å². The van der Waals surface area contributed by atoms with E-state index in [0.29, 0.717) is 16.6 Å². The summed E-state index contributed by atoms with van der Waals surface area (Å²) in [4.78, 5) is 38.5. The van der Waals surface area contributed by atoms with E-state index in [9.17, 15) is 19.7 Å². The molecule has 3 aromatic rings. The SMILES string of the molecule is O=C(COC(=O)CCc1ccc2ccccc2n1)Nc1ccc([N+](=O)[O-])cc1Br. The van der Waals surface area contributed by atoms with E-state index < -0.39 is 23.4 Å². The van der Waals surface area contributed by atoms with Crippen molar-refractivity contribution in [1.29, 1.82) is 0 Å². The maximum Gasteiger partial charge on any atom is 0.306 e. The van der Waals surface area contributed by atoms with Crippen LogP contribution in [0.15, 0.2) is 59.1 Å². The Bertz CT molecular complexity index is 1090. The fourth-order valence-corrected chi connectivity index (χ4v) is 3.07. The van der Waals surface area contributed by atoms with Gasteiger partial charge in [0.15, 0.2) is 6.61 Å². The minimum Gasteiger partial charge on any atom is -0.456 e. The first-order valence-electron chi connectivity index (χ1n) is 8.66. The second-order valence-electron chi connectivity index (χ2n) is 6.13. The number of pyridine rings is 1. The lowest BCUT2D eigenvalue weighted by Gasteiger charge is -2.08. The summed E-state index contributed by atoms with van der Waals surface area (Å²) in [6, 6.07) is 15.4. The number of esters is 1. The predicted octanol–water partition coefficient (Wildman–Crippen LogP) is 4.02. The van der Waals surface area contributed by atoms with Gasteiger partial charge in [0, 0.05) is 34.1 Å². The highest BCUT2D eigenvalue weighted by Crippen LogP contribution is 2.27. The summed E-state index contributed by atoms with van der Waals surface area (Å²) >= 11 is 3.16. The van der Waals surface area contributed by atoms with Crippen LogP contribution in [0.5, 0.6) is 0 Å². The molecule has 0 aliphatic rings. The Hall–Kier alpha value is -3.33. The number of hydrogen-bond acceptors (Lipinski definition) is 6. The summed E-state index contributed by atoms with van der Waals surface area (Å²) in [6.07, 6.45) is 0.499. The second-order valence-corrected chi connectivity index (χ2v) is 6.98. The molecule has 8 nitrogen and oxygen atoms in total. The lowest BCUT2D eigenvalue weighted by atomic mass is 10.1. The van der Waals surface area contributed by atoms with Gasteiger partial charge in [0.2, 0.25) is 0 Å². The largest absolute Gasteiger partial charge is 0.456 e. The number of nitrogens with zero attached hydrogens (tertiary/aromatic N) is 2. The molecule has 1 heterocycles. The van der Waals surface area contributed by atoms with E-state index in [2.05, 4.69) is 26.2 Å². The number of amides is 1. The Morgan fingerprint density at radius 3 is 2.69 bits per heavy atom. The van der Waals surface area contributed by atoms with Crippen molar-refractivity contribution in [3.63, 3.8) is 0 Å². The molecule has 0 bridgehead atoms. The molecule has 0 radical (unpaired) electrons. The lowest BCUT2D eigenvalue weighted by molar-refractivity contribution is -0.384. The molecule has 0 saturated heterocycles. The van der Waals surface area contributed by atoms with Crippen LogP contribution in [0.25, 0.3) is 10.9 Å². The monoisotopic (exact) mass is 457 g/mol. The van der Waals surface area contributed by atoms with Crippen molar-refractivity contribution >= 4 is 50.1 Å². The van der Waals surface area contributed by atoms with E-state index in [1.807, 2.05) is 36.4 Å². The molecule has 2 aromatic carbocycles. The van der Waals surface area contributed by atoms with Crippen LogP contribution in [0.3, 0.4) is 0 Å². The van der Waals surface area contributed by atoms with Gasteiger partial charge >= 0.3 is 5.97 Å². The van der Waals surface area contributed by atoms with E-state index in [0.717, 1.165) is 16.6 Å². The average molecular weight is 458 g/mol. The number of hydrogen-bond donors (Lipinski definition) is 1. The molecule has 3 rings (SSSR count). The van der Waals surface area contributed by atoms with E-state index in [1.165, 1.54) is 18.2 Å². The van der Waals surface area contributed by atoms with Crippen LogP contribution in [0.2, 0.25) is 0 Å². The number of benzene rings is 2. The number of ether oxygens (including phenoxy) is 1. The number of anilines is 1. The zero-order chi connectivity index (χ0) is 20.8. The van der Waals surface area contributed by atoms with Crippen LogP contribution in [-0.2, 0) is 20.7 Å². The van der Waals surface area contributed by atoms with Crippen LogP contribution >= 0.6 is 15.9 Å². The van der Waals surface area contributed by atoms with E-state index in [4.69, 9.17) is 4.74 Å². The molecule has 0 unspecified atom stereocenters. The van der Waals surface area contributed by atoms with Crippen molar-refractivity contribution in [2.45, 2.75) is 12.8 Å². The maximum absolute atomic E-state index is 12.0. The minimum atomic E-state index is -0.545. The molecule has 1 amide bonds. The average Bonchev–Trinajstić information content (AvgIpc) is 2.72. The highest BCUT2D eigenvalue weighted by Gasteiger charge is 2.13. The van der Waals surface area contributed by atoms with Gasteiger partial charge in [-0.3, -0.25) is 24.7 Å².